The number of hydrogen-bond donors (Lipinski definition) is 0. The third kappa shape index (κ3) is 2.51. The predicted octanol–water partition coefficient (Wildman–Crippen LogP) is 3.65. The first kappa shape index (κ1) is 14.0. The Morgan fingerprint density at radius 1 is 1.10 bits per heavy atom. The van der Waals surface area contributed by atoms with Crippen LogP contribution in [0, 0.1) is 0 Å². The number of amides is 1. The van der Waals surface area contributed by atoms with Crippen LogP contribution in [0.5, 0.6) is 0 Å². The molecule has 2 aromatic rings. The summed E-state index contributed by atoms with van der Waals surface area (Å²) in [6, 6.07) is 15.5. The van der Waals surface area contributed by atoms with Gasteiger partial charge in [-0.25, -0.2) is 0 Å². The number of para-hydroxylation sites is 1. The predicted molar refractivity (Wildman–Crippen MR) is 89.1 cm³/mol. The second-order valence-electron chi connectivity index (χ2n) is 5.07. The monoisotopic (exact) mass is 342 g/mol. The summed E-state index contributed by atoms with van der Waals surface area (Å²) >= 11 is 3.45. The van der Waals surface area contributed by atoms with Crippen molar-refractivity contribution in [3.8, 4) is 0 Å². The molecule has 3 nitrogen and oxygen atoms in total. The minimum absolute atomic E-state index is 0.00885. The Hall–Kier alpha value is -1.94. The zero-order valence-corrected chi connectivity index (χ0v) is 13.5. The van der Waals surface area contributed by atoms with Gasteiger partial charge in [-0.3, -0.25) is 9.79 Å². The molecule has 0 spiro atoms. The lowest BCUT2D eigenvalue weighted by atomic mass is 10.0. The van der Waals surface area contributed by atoms with Crippen LogP contribution in [0.15, 0.2) is 58.0 Å². The van der Waals surface area contributed by atoms with E-state index in [-0.39, 0.29) is 11.9 Å². The summed E-state index contributed by atoms with van der Waals surface area (Å²) in [7, 11) is 1.80. The second-order valence-corrected chi connectivity index (χ2v) is 5.99. The number of likely N-dealkylation sites (N-methyl/N-ethyl adjacent to an activating group) is 1. The zero-order valence-electron chi connectivity index (χ0n) is 11.9. The fourth-order valence-corrected chi connectivity index (χ4v) is 2.79. The van der Waals surface area contributed by atoms with Crippen molar-refractivity contribution in [1.29, 1.82) is 0 Å². The number of fused-ring (bicyclic) bond motifs is 1. The van der Waals surface area contributed by atoms with E-state index in [2.05, 4.69) is 20.9 Å². The smallest absolute Gasteiger partial charge is 0.251 e. The number of halogens is 1. The number of benzene rings is 2. The number of anilines is 1. The average molecular weight is 343 g/mol. The summed E-state index contributed by atoms with van der Waals surface area (Å²) in [5.41, 5.74) is 3.76. The van der Waals surface area contributed by atoms with Gasteiger partial charge < -0.3 is 4.90 Å². The number of carbonyl (C=O) groups excluding carboxylic acids is 1. The minimum atomic E-state index is -0.388. The van der Waals surface area contributed by atoms with E-state index in [0.717, 1.165) is 27.0 Å². The Morgan fingerprint density at radius 2 is 1.76 bits per heavy atom. The lowest BCUT2D eigenvalue weighted by Gasteiger charge is -2.18. The Labute approximate surface area is 132 Å². The maximum absolute atomic E-state index is 12.4. The van der Waals surface area contributed by atoms with Gasteiger partial charge in [-0.05, 0) is 25.1 Å². The molecule has 0 N–H and O–H groups in total. The molecule has 0 aliphatic carbocycles. The van der Waals surface area contributed by atoms with Gasteiger partial charge in [-0.2, -0.15) is 0 Å². The summed E-state index contributed by atoms with van der Waals surface area (Å²) in [4.78, 5) is 18.7. The highest BCUT2D eigenvalue weighted by Crippen LogP contribution is 2.27. The number of hydrogen-bond acceptors (Lipinski definition) is 2. The van der Waals surface area contributed by atoms with Crippen LogP contribution in [0.25, 0.3) is 0 Å². The highest BCUT2D eigenvalue weighted by Gasteiger charge is 2.26. The van der Waals surface area contributed by atoms with Gasteiger partial charge >= 0.3 is 0 Å². The molecule has 0 saturated carbocycles. The van der Waals surface area contributed by atoms with Crippen LogP contribution in [0.2, 0.25) is 0 Å². The molecule has 0 saturated heterocycles. The second kappa shape index (κ2) is 5.45. The van der Waals surface area contributed by atoms with Crippen molar-refractivity contribution in [1.82, 2.24) is 0 Å². The fraction of sp³-hybridized carbons (Fsp3) is 0.176. The third-order valence-corrected chi connectivity index (χ3v) is 4.18. The van der Waals surface area contributed by atoms with E-state index >= 15 is 0 Å². The van der Waals surface area contributed by atoms with Gasteiger partial charge in [0.2, 0.25) is 0 Å². The lowest BCUT2D eigenvalue weighted by molar-refractivity contribution is -0.119. The van der Waals surface area contributed by atoms with Crippen LogP contribution in [0.3, 0.4) is 0 Å². The lowest BCUT2D eigenvalue weighted by Crippen LogP contribution is -2.32. The van der Waals surface area contributed by atoms with E-state index < -0.39 is 0 Å². The molecule has 0 fully saturated rings. The van der Waals surface area contributed by atoms with Gasteiger partial charge in [0, 0.05) is 22.6 Å². The third-order valence-electron chi connectivity index (χ3n) is 3.65. The molecule has 106 valence electrons. The molecule has 1 unspecified atom stereocenters. The highest BCUT2D eigenvalue weighted by molar-refractivity contribution is 9.10. The van der Waals surface area contributed by atoms with Gasteiger partial charge in [-0.15, -0.1) is 0 Å². The van der Waals surface area contributed by atoms with Crippen LogP contribution in [0.4, 0.5) is 5.69 Å². The number of aliphatic imine (C=N–C) groups is 1. The first-order chi connectivity index (χ1) is 10.1. The first-order valence-corrected chi connectivity index (χ1v) is 7.58. The van der Waals surface area contributed by atoms with Crippen molar-refractivity contribution in [2.24, 2.45) is 4.99 Å². The number of benzodiazepines with no additional fused rings is 1. The Kier molecular flexibility index (Phi) is 3.64. The molecule has 1 heterocycles. The van der Waals surface area contributed by atoms with Crippen molar-refractivity contribution < 1.29 is 4.79 Å². The summed E-state index contributed by atoms with van der Waals surface area (Å²) in [6.07, 6.45) is 0. The molecule has 1 amide bonds. The van der Waals surface area contributed by atoms with Crippen molar-refractivity contribution >= 4 is 33.2 Å². The molecule has 4 heteroatoms. The van der Waals surface area contributed by atoms with Crippen molar-refractivity contribution in [2.75, 3.05) is 11.9 Å². The zero-order chi connectivity index (χ0) is 15.0. The first-order valence-electron chi connectivity index (χ1n) is 6.78. The molecule has 0 bridgehead atoms. The standard InChI is InChI=1S/C17H15BrN2O/c1-11-17(21)20(2)15-6-4-3-5-14(15)16(19-11)12-7-9-13(18)10-8-12/h3-11H,1-2H3. The molecule has 1 aliphatic rings. The maximum Gasteiger partial charge on any atom is 0.251 e. The highest BCUT2D eigenvalue weighted by atomic mass is 79.9. The van der Waals surface area contributed by atoms with Gasteiger partial charge in [-0.1, -0.05) is 46.3 Å². The largest absolute Gasteiger partial charge is 0.313 e. The van der Waals surface area contributed by atoms with Gasteiger partial charge in [0.1, 0.15) is 6.04 Å². The maximum atomic E-state index is 12.4. The van der Waals surface area contributed by atoms with Gasteiger partial charge in [0.25, 0.3) is 5.91 Å². The molecule has 21 heavy (non-hydrogen) atoms. The number of nitrogens with zero attached hydrogens (tertiary/aromatic N) is 2. The quantitative estimate of drug-likeness (QED) is 0.778. The summed E-state index contributed by atoms with van der Waals surface area (Å²) in [6.45, 7) is 1.84. The number of carbonyl (C=O) groups is 1. The Morgan fingerprint density at radius 3 is 2.48 bits per heavy atom. The SMILES string of the molecule is CC1N=C(c2ccc(Br)cc2)c2ccccc2N(C)C1=O. The van der Waals surface area contributed by atoms with Gasteiger partial charge in [0.05, 0.1) is 11.4 Å². The van der Waals surface area contributed by atoms with Crippen LogP contribution >= 0.6 is 15.9 Å². The molecule has 1 aliphatic heterocycles. The minimum Gasteiger partial charge on any atom is -0.313 e. The van der Waals surface area contributed by atoms with Crippen LogP contribution in [0.1, 0.15) is 18.1 Å². The molecular formula is C17H15BrN2O. The van der Waals surface area contributed by atoms with Crippen LogP contribution < -0.4 is 4.90 Å². The van der Waals surface area contributed by atoms with Gasteiger partial charge in [0.15, 0.2) is 0 Å². The van der Waals surface area contributed by atoms with Crippen molar-refractivity contribution in [2.45, 2.75) is 13.0 Å². The van der Waals surface area contributed by atoms with E-state index in [1.54, 1.807) is 11.9 Å². The number of rotatable bonds is 1. The van der Waals surface area contributed by atoms with E-state index in [0.29, 0.717) is 0 Å². The summed E-state index contributed by atoms with van der Waals surface area (Å²) in [5, 5.41) is 0. The summed E-state index contributed by atoms with van der Waals surface area (Å²) < 4.78 is 1.02. The topological polar surface area (TPSA) is 32.7 Å². The van der Waals surface area contributed by atoms with Crippen LogP contribution in [-0.4, -0.2) is 24.7 Å². The molecule has 0 radical (unpaired) electrons. The normalized spacial score (nSPS) is 18.0. The van der Waals surface area contributed by atoms with E-state index in [1.807, 2.05) is 55.5 Å². The van der Waals surface area contributed by atoms with Crippen molar-refractivity contribution in [3.63, 3.8) is 0 Å². The van der Waals surface area contributed by atoms with Crippen molar-refractivity contribution in [3.05, 3.63) is 64.1 Å². The van der Waals surface area contributed by atoms with E-state index in [1.165, 1.54) is 0 Å². The van der Waals surface area contributed by atoms with E-state index in [9.17, 15) is 4.79 Å². The molecular weight excluding hydrogens is 328 g/mol. The fourth-order valence-electron chi connectivity index (χ4n) is 2.52. The summed E-state index contributed by atoms with van der Waals surface area (Å²) in [5.74, 6) is 0.00885. The molecule has 0 aromatic heterocycles. The molecule has 3 rings (SSSR count). The molecule has 1 atom stereocenters. The van der Waals surface area contributed by atoms with E-state index in [4.69, 9.17) is 0 Å². The Balaban J connectivity index is 2.22. The Bertz CT molecular complexity index is 722. The molecule has 2 aromatic carbocycles. The van der Waals surface area contributed by atoms with Crippen LogP contribution in [-0.2, 0) is 4.79 Å². The average Bonchev–Trinajstić information content (AvgIpc) is 2.60.